The van der Waals surface area contributed by atoms with Gasteiger partial charge >= 0.3 is 0 Å². The summed E-state index contributed by atoms with van der Waals surface area (Å²) in [5, 5.41) is 2.33. The lowest BCUT2D eigenvalue weighted by Crippen LogP contribution is -2.45. The van der Waals surface area contributed by atoms with Gasteiger partial charge < -0.3 is 19.7 Å². The lowest BCUT2D eigenvalue weighted by Gasteiger charge is -2.31. The van der Waals surface area contributed by atoms with Crippen molar-refractivity contribution >= 4 is 46.5 Å². The summed E-state index contributed by atoms with van der Waals surface area (Å²) in [5.74, 6) is 0.343. The van der Waals surface area contributed by atoms with Gasteiger partial charge in [-0.2, -0.15) is 0 Å². The average Bonchev–Trinajstić information content (AvgIpc) is 3.16. The van der Waals surface area contributed by atoms with E-state index >= 15 is 0 Å². The predicted molar refractivity (Wildman–Crippen MR) is 151 cm³/mol. The third kappa shape index (κ3) is 7.41. The van der Waals surface area contributed by atoms with E-state index in [-0.39, 0.29) is 29.9 Å². The molecule has 0 spiro atoms. The Bertz CT molecular complexity index is 1290. The van der Waals surface area contributed by atoms with Crippen molar-refractivity contribution in [3.8, 4) is 11.5 Å². The summed E-state index contributed by atoms with van der Waals surface area (Å²) in [4.78, 5) is 53.5. The maximum absolute atomic E-state index is 13.0. The Hall–Kier alpha value is -3.79. The molecule has 9 nitrogen and oxygen atoms in total. The van der Waals surface area contributed by atoms with Gasteiger partial charge in [0, 0.05) is 18.8 Å². The number of amides is 4. The standard InChI is InChI=1S/C29H33N3O6S/c1-4-37-24-15-21(8-9-23(24)38-18-26(33)30-22-7-5-6-20(3)14-22)16-25-28(35)32(29(36)39-25)17-27(34)31-12-10-19(2)11-13-31/h5-9,14-16,19H,4,10-13,17-18H2,1-3H3,(H,30,33)/b25-16+. The number of hydrogen-bond donors (Lipinski definition) is 1. The van der Waals surface area contributed by atoms with Crippen molar-refractivity contribution in [1.29, 1.82) is 0 Å². The zero-order valence-corrected chi connectivity index (χ0v) is 23.2. The van der Waals surface area contributed by atoms with Gasteiger partial charge in [-0.25, -0.2) is 0 Å². The molecule has 0 bridgehead atoms. The first-order chi connectivity index (χ1) is 18.7. The first kappa shape index (κ1) is 28.2. The van der Waals surface area contributed by atoms with Crippen LogP contribution in [0.25, 0.3) is 6.08 Å². The number of piperidine rings is 1. The molecule has 0 saturated carbocycles. The monoisotopic (exact) mass is 551 g/mol. The van der Waals surface area contributed by atoms with Crippen LogP contribution in [0.3, 0.4) is 0 Å². The largest absolute Gasteiger partial charge is 0.490 e. The van der Waals surface area contributed by atoms with Gasteiger partial charge in [0.1, 0.15) is 6.54 Å². The first-order valence-electron chi connectivity index (χ1n) is 13.0. The smallest absolute Gasteiger partial charge is 0.294 e. The van der Waals surface area contributed by atoms with Crippen LogP contribution in [0.1, 0.15) is 37.8 Å². The fourth-order valence-corrected chi connectivity index (χ4v) is 5.18. The van der Waals surface area contributed by atoms with Gasteiger partial charge in [0.05, 0.1) is 11.5 Å². The fraction of sp³-hybridized carbons (Fsp3) is 0.379. The van der Waals surface area contributed by atoms with Crippen LogP contribution in [0.2, 0.25) is 0 Å². The van der Waals surface area contributed by atoms with Gasteiger partial charge in [0.15, 0.2) is 18.1 Å². The summed E-state index contributed by atoms with van der Waals surface area (Å²) in [6.07, 6.45) is 3.44. The van der Waals surface area contributed by atoms with Crippen LogP contribution in [0, 0.1) is 12.8 Å². The van der Waals surface area contributed by atoms with Gasteiger partial charge in [0.2, 0.25) is 5.91 Å². The number of rotatable bonds is 9. The number of ether oxygens (including phenoxy) is 2. The zero-order chi connectivity index (χ0) is 27.9. The quantitative estimate of drug-likeness (QED) is 0.450. The Morgan fingerprint density at radius 2 is 1.85 bits per heavy atom. The van der Waals surface area contributed by atoms with E-state index in [9.17, 15) is 19.2 Å². The first-order valence-corrected chi connectivity index (χ1v) is 13.8. The van der Waals surface area contributed by atoms with Gasteiger partial charge in [-0.05, 0) is 85.8 Å². The molecule has 1 N–H and O–H groups in total. The van der Waals surface area contributed by atoms with Crippen molar-refractivity contribution in [1.82, 2.24) is 9.80 Å². The van der Waals surface area contributed by atoms with E-state index in [0.29, 0.717) is 48.4 Å². The number of benzene rings is 2. The summed E-state index contributed by atoms with van der Waals surface area (Å²) in [6.45, 7) is 7.12. The molecule has 4 rings (SSSR count). The van der Waals surface area contributed by atoms with E-state index in [2.05, 4.69) is 12.2 Å². The number of carbonyl (C=O) groups is 4. The second kappa shape index (κ2) is 12.8. The van der Waals surface area contributed by atoms with Crippen LogP contribution in [0.4, 0.5) is 10.5 Å². The molecule has 2 fully saturated rings. The van der Waals surface area contributed by atoms with Crippen LogP contribution >= 0.6 is 11.8 Å². The number of thioether (sulfide) groups is 1. The summed E-state index contributed by atoms with van der Waals surface area (Å²) in [7, 11) is 0. The molecule has 10 heteroatoms. The molecule has 2 aromatic carbocycles. The van der Waals surface area contributed by atoms with Gasteiger partial charge in [-0.3, -0.25) is 24.1 Å². The zero-order valence-electron chi connectivity index (χ0n) is 22.4. The number of aryl methyl sites for hydroxylation is 1. The number of anilines is 1. The molecule has 2 heterocycles. The van der Waals surface area contributed by atoms with Crippen LogP contribution in [0.15, 0.2) is 47.4 Å². The number of nitrogens with zero attached hydrogens (tertiary/aromatic N) is 2. The highest BCUT2D eigenvalue weighted by Crippen LogP contribution is 2.35. The molecular formula is C29H33N3O6S. The lowest BCUT2D eigenvalue weighted by atomic mass is 9.99. The number of hydrogen-bond acceptors (Lipinski definition) is 7. The van der Waals surface area contributed by atoms with Gasteiger partial charge in [0.25, 0.3) is 17.1 Å². The third-order valence-corrected chi connectivity index (χ3v) is 7.44. The molecule has 0 aliphatic carbocycles. The Morgan fingerprint density at radius 1 is 1.08 bits per heavy atom. The molecule has 206 valence electrons. The molecule has 0 radical (unpaired) electrons. The highest BCUT2D eigenvalue weighted by atomic mass is 32.2. The number of imide groups is 1. The molecule has 2 aliphatic rings. The molecule has 2 saturated heterocycles. The Balaban J connectivity index is 1.40. The summed E-state index contributed by atoms with van der Waals surface area (Å²) in [6, 6.07) is 12.5. The average molecular weight is 552 g/mol. The minimum absolute atomic E-state index is 0.211. The van der Waals surface area contributed by atoms with Gasteiger partial charge in [-0.15, -0.1) is 0 Å². The van der Waals surface area contributed by atoms with E-state index in [1.807, 2.05) is 32.0 Å². The third-order valence-electron chi connectivity index (χ3n) is 6.53. The highest BCUT2D eigenvalue weighted by molar-refractivity contribution is 8.18. The SMILES string of the molecule is CCOc1cc(/C=C2/SC(=O)N(CC(=O)N3CCC(C)CC3)C2=O)ccc1OCC(=O)Nc1cccc(C)c1. The molecular weight excluding hydrogens is 518 g/mol. The molecule has 4 amide bonds. The number of nitrogens with one attached hydrogen (secondary N) is 1. The lowest BCUT2D eigenvalue weighted by molar-refractivity contribution is -0.136. The summed E-state index contributed by atoms with van der Waals surface area (Å²) in [5.41, 5.74) is 2.34. The van der Waals surface area contributed by atoms with E-state index < -0.39 is 11.1 Å². The van der Waals surface area contributed by atoms with Crippen LogP contribution < -0.4 is 14.8 Å². The van der Waals surface area contributed by atoms with E-state index in [1.165, 1.54) is 0 Å². The van der Waals surface area contributed by atoms with Crippen molar-refractivity contribution in [2.75, 3.05) is 38.2 Å². The van der Waals surface area contributed by atoms with Crippen LogP contribution in [-0.2, 0) is 14.4 Å². The van der Waals surface area contributed by atoms with Crippen molar-refractivity contribution in [2.24, 2.45) is 5.92 Å². The van der Waals surface area contributed by atoms with Crippen molar-refractivity contribution in [3.05, 3.63) is 58.5 Å². The predicted octanol–water partition coefficient (Wildman–Crippen LogP) is 4.71. The second-order valence-electron chi connectivity index (χ2n) is 9.68. The maximum atomic E-state index is 13.0. The number of likely N-dealkylation sites (tertiary alicyclic amines) is 1. The van der Waals surface area contributed by atoms with E-state index in [0.717, 1.165) is 35.1 Å². The molecule has 0 aromatic heterocycles. The van der Waals surface area contributed by atoms with E-state index in [4.69, 9.17) is 9.47 Å². The second-order valence-corrected chi connectivity index (χ2v) is 10.7. The molecule has 0 atom stereocenters. The summed E-state index contributed by atoms with van der Waals surface area (Å²) >= 11 is 0.808. The van der Waals surface area contributed by atoms with Crippen LogP contribution in [0.5, 0.6) is 11.5 Å². The normalized spacial score (nSPS) is 17.1. The van der Waals surface area contributed by atoms with Crippen molar-refractivity contribution < 1.29 is 28.7 Å². The fourth-order valence-electron chi connectivity index (χ4n) is 4.35. The maximum Gasteiger partial charge on any atom is 0.294 e. The molecule has 2 aliphatic heterocycles. The summed E-state index contributed by atoms with van der Waals surface area (Å²) < 4.78 is 11.4. The Morgan fingerprint density at radius 3 is 2.56 bits per heavy atom. The molecule has 0 unspecified atom stereocenters. The highest BCUT2D eigenvalue weighted by Gasteiger charge is 2.37. The van der Waals surface area contributed by atoms with Crippen LogP contribution in [-0.4, -0.2) is 65.6 Å². The molecule has 39 heavy (non-hydrogen) atoms. The minimum Gasteiger partial charge on any atom is -0.490 e. The Labute approximate surface area is 232 Å². The minimum atomic E-state index is -0.491. The topological polar surface area (TPSA) is 105 Å². The van der Waals surface area contributed by atoms with E-state index in [1.54, 1.807) is 35.2 Å². The van der Waals surface area contributed by atoms with Crippen molar-refractivity contribution in [3.63, 3.8) is 0 Å². The number of carbonyl (C=O) groups excluding carboxylic acids is 4. The van der Waals surface area contributed by atoms with Crippen molar-refractivity contribution in [2.45, 2.75) is 33.6 Å². The Kier molecular flexibility index (Phi) is 9.29. The van der Waals surface area contributed by atoms with Gasteiger partial charge in [-0.1, -0.05) is 25.1 Å². The molecule has 2 aromatic rings.